The zero-order chi connectivity index (χ0) is 19.2. The third-order valence-electron chi connectivity index (χ3n) is 3.82. The molecule has 0 fully saturated rings. The molecular formula is C20H17F2N3O2. The van der Waals surface area contributed by atoms with Crippen molar-refractivity contribution in [2.75, 3.05) is 5.32 Å². The number of ether oxygens (including phenoxy) is 1. The Hall–Kier alpha value is -3.32. The largest absolute Gasteiger partial charge is 0.488 e. The van der Waals surface area contributed by atoms with Crippen molar-refractivity contribution in [1.29, 1.82) is 0 Å². The van der Waals surface area contributed by atoms with Crippen molar-refractivity contribution in [3.05, 3.63) is 89.2 Å². The minimum absolute atomic E-state index is 0.0215. The van der Waals surface area contributed by atoms with E-state index in [2.05, 4.69) is 10.3 Å². The van der Waals surface area contributed by atoms with Gasteiger partial charge in [-0.2, -0.15) is 0 Å². The molecule has 0 spiro atoms. The number of rotatable bonds is 6. The van der Waals surface area contributed by atoms with Gasteiger partial charge in [0.15, 0.2) is 11.6 Å². The number of anilines is 1. The molecule has 3 N–H and O–H groups in total. The predicted octanol–water partition coefficient (Wildman–Crippen LogP) is 3.65. The van der Waals surface area contributed by atoms with Crippen molar-refractivity contribution in [3.8, 4) is 5.75 Å². The van der Waals surface area contributed by atoms with Crippen LogP contribution in [0, 0.1) is 11.6 Å². The molecular weight excluding hydrogens is 352 g/mol. The minimum Gasteiger partial charge on any atom is -0.488 e. The van der Waals surface area contributed by atoms with E-state index in [0.29, 0.717) is 17.0 Å². The molecule has 1 amide bonds. The quantitative estimate of drug-likeness (QED) is 0.695. The van der Waals surface area contributed by atoms with E-state index in [1.807, 2.05) is 0 Å². The van der Waals surface area contributed by atoms with Crippen LogP contribution in [0.2, 0.25) is 0 Å². The van der Waals surface area contributed by atoms with Crippen LogP contribution < -0.4 is 15.8 Å². The summed E-state index contributed by atoms with van der Waals surface area (Å²) in [6.45, 7) is 0.239. The number of pyridine rings is 1. The van der Waals surface area contributed by atoms with Crippen LogP contribution in [0.5, 0.6) is 5.75 Å². The summed E-state index contributed by atoms with van der Waals surface area (Å²) in [5.74, 6) is -1.97. The van der Waals surface area contributed by atoms with Crippen molar-refractivity contribution in [2.45, 2.75) is 13.2 Å². The van der Waals surface area contributed by atoms with Crippen molar-refractivity contribution >= 4 is 11.6 Å². The fourth-order valence-electron chi connectivity index (χ4n) is 2.43. The molecule has 0 aliphatic rings. The Morgan fingerprint density at radius 3 is 2.59 bits per heavy atom. The lowest BCUT2D eigenvalue weighted by Gasteiger charge is -2.13. The number of amides is 1. The van der Waals surface area contributed by atoms with Gasteiger partial charge >= 0.3 is 0 Å². The summed E-state index contributed by atoms with van der Waals surface area (Å²) in [7, 11) is 0. The molecule has 0 radical (unpaired) electrons. The van der Waals surface area contributed by atoms with E-state index in [4.69, 9.17) is 10.5 Å². The Kier molecular flexibility index (Phi) is 5.73. The molecule has 1 aromatic heterocycles. The highest BCUT2D eigenvalue weighted by atomic mass is 19.2. The van der Waals surface area contributed by atoms with Crippen LogP contribution in [-0.4, -0.2) is 10.9 Å². The number of carbonyl (C=O) groups is 1. The number of nitrogens with two attached hydrogens (primary N) is 1. The van der Waals surface area contributed by atoms with E-state index in [0.717, 1.165) is 17.7 Å². The fraction of sp³-hybridized carbons (Fsp3) is 0.100. The van der Waals surface area contributed by atoms with E-state index in [1.165, 1.54) is 12.3 Å². The van der Waals surface area contributed by atoms with Crippen LogP contribution in [-0.2, 0) is 13.2 Å². The predicted molar refractivity (Wildman–Crippen MR) is 97.2 cm³/mol. The van der Waals surface area contributed by atoms with Gasteiger partial charge in [0, 0.05) is 12.7 Å². The Labute approximate surface area is 154 Å². The molecule has 0 aliphatic heterocycles. The molecule has 2 aromatic carbocycles. The van der Waals surface area contributed by atoms with Crippen molar-refractivity contribution in [2.24, 2.45) is 5.73 Å². The second kappa shape index (κ2) is 8.37. The molecule has 5 nitrogen and oxygen atoms in total. The van der Waals surface area contributed by atoms with Gasteiger partial charge in [-0.25, -0.2) is 8.78 Å². The highest BCUT2D eigenvalue weighted by Crippen LogP contribution is 2.23. The van der Waals surface area contributed by atoms with Gasteiger partial charge in [0.25, 0.3) is 5.91 Å². The second-order valence-corrected chi connectivity index (χ2v) is 5.77. The van der Waals surface area contributed by atoms with Crippen molar-refractivity contribution in [1.82, 2.24) is 4.98 Å². The van der Waals surface area contributed by atoms with Gasteiger partial charge in [-0.15, -0.1) is 0 Å². The average molecular weight is 369 g/mol. The number of hydrogen-bond acceptors (Lipinski definition) is 4. The first-order chi connectivity index (χ1) is 13.1. The van der Waals surface area contributed by atoms with Crippen LogP contribution in [0.4, 0.5) is 14.5 Å². The SMILES string of the molecule is NCc1ccc(OCc2ccc(F)c(F)c2)c(C(=O)Nc2cccnc2)c1. The number of aromatic nitrogens is 1. The van der Waals surface area contributed by atoms with E-state index in [9.17, 15) is 13.6 Å². The minimum atomic E-state index is -0.955. The highest BCUT2D eigenvalue weighted by Gasteiger charge is 2.15. The molecule has 0 bridgehead atoms. The summed E-state index contributed by atoms with van der Waals surface area (Å²) in [5.41, 5.74) is 7.67. The smallest absolute Gasteiger partial charge is 0.259 e. The zero-order valence-corrected chi connectivity index (χ0v) is 14.3. The van der Waals surface area contributed by atoms with Crippen LogP contribution in [0.1, 0.15) is 21.5 Å². The second-order valence-electron chi connectivity index (χ2n) is 5.77. The maximum atomic E-state index is 13.3. The monoisotopic (exact) mass is 369 g/mol. The number of carbonyl (C=O) groups excluding carboxylic acids is 1. The lowest BCUT2D eigenvalue weighted by molar-refractivity contribution is 0.102. The molecule has 1 heterocycles. The van der Waals surface area contributed by atoms with Gasteiger partial charge < -0.3 is 15.8 Å². The Morgan fingerprint density at radius 1 is 1.07 bits per heavy atom. The van der Waals surface area contributed by atoms with E-state index >= 15 is 0 Å². The number of nitrogens with one attached hydrogen (secondary N) is 1. The van der Waals surface area contributed by atoms with Gasteiger partial charge in [-0.1, -0.05) is 12.1 Å². The van der Waals surface area contributed by atoms with Gasteiger partial charge in [-0.05, 0) is 47.5 Å². The van der Waals surface area contributed by atoms with Crippen molar-refractivity contribution < 1.29 is 18.3 Å². The molecule has 0 aliphatic carbocycles. The Morgan fingerprint density at radius 2 is 1.89 bits per heavy atom. The first-order valence-corrected chi connectivity index (χ1v) is 8.18. The third-order valence-corrected chi connectivity index (χ3v) is 3.82. The molecule has 0 saturated heterocycles. The third kappa shape index (κ3) is 4.65. The van der Waals surface area contributed by atoms with Gasteiger partial charge in [-0.3, -0.25) is 9.78 Å². The molecule has 3 aromatic rings. The van der Waals surface area contributed by atoms with Crippen LogP contribution in [0.3, 0.4) is 0 Å². The van der Waals surface area contributed by atoms with Crippen LogP contribution in [0.15, 0.2) is 60.9 Å². The number of hydrogen-bond donors (Lipinski definition) is 2. The van der Waals surface area contributed by atoms with Crippen LogP contribution in [0.25, 0.3) is 0 Å². The normalized spacial score (nSPS) is 10.5. The Balaban J connectivity index is 1.81. The number of halogens is 2. The standard InChI is InChI=1S/C20H17F2N3O2/c21-17-5-3-14(9-18(17)22)12-27-19-6-4-13(10-23)8-16(19)20(26)25-15-2-1-7-24-11-15/h1-9,11H,10,12,23H2,(H,25,26). The molecule has 138 valence electrons. The topological polar surface area (TPSA) is 77.2 Å². The summed E-state index contributed by atoms with van der Waals surface area (Å²) >= 11 is 0. The zero-order valence-electron chi connectivity index (χ0n) is 14.3. The molecule has 27 heavy (non-hydrogen) atoms. The first kappa shape index (κ1) is 18.5. The highest BCUT2D eigenvalue weighted by molar-refractivity contribution is 6.06. The van der Waals surface area contributed by atoms with E-state index in [-0.39, 0.29) is 18.7 Å². The molecule has 3 rings (SSSR count). The Bertz CT molecular complexity index is 949. The number of nitrogens with zero attached hydrogens (tertiary/aromatic N) is 1. The summed E-state index contributed by atoms with van der Waals surface area (Å²) in [5, 5.41) is 2.73. The van der Waals surface area contributed by atoms with Gasteiger partial charge in [0.2, 0.25) is 0 Å². The lowest BCUT2D eigenvalue weighted by atomic mass is 10.1. The van der Waals surface area contributed by atoms with Gasteiger partial charge in [0.05, 0.1) is 17.4 Å². The van der Waals surface area contributed by atoms with E-state index < -0.39 is 17.5 Å². The maximum absolute atomic E-state index is 13.3. The lowest BCUT2D eigenvalue weighted by Crippen LogP contribution is -2.15. The fourth-order valence-corrected chi connectivity index (χ4v) is 2.43. The summed E-state index contributed by atoms with van der Waals surface area (Å²) in [6.07, 6.45) is 3.12. The first-order valence-electron chi connectivity index (χ1n) is 8.18. The maximum Gasteiger partial charge on any atom is 0.259 e. The summed E-state index contributed by atoms with van der Waals surface area (Å²) < 4.78 is 32.0. The average Bonchev–Trinajstić information content (AvgIpc) is 2.69. The van der Waals surface area contributed by atoms with Gasteiger partial charge in [0.1, 0.15) is 12.4 Å². The molecule has 0 saturated carbocycles. The molecule has 0 atom stereocenters. The van der Waals surface area contributed by atoms with E-state index in [1.54, 1.807) is 36.5 Å². The molecule has 0 unspecified atom stereocenters. The number of benzene rings is 2. The van der Waals surface area contributed by atoms with Crippen LogP contribution >= 0.6 is 0 Å². The molecule has 7 heteroatoms. The summed E-state index contributed by atoms with van der Waals surface area (Å²) in [4.78, 5) is 16.6. The summed E-state index contributed by atoms with van der Waals surface area (Å²) in [6, 6.07) is 11.9. The van der Waals surface area contributed by atoms with Crippen molar-refractivity contribution in [3.63, 3.8) is 0 Å².